The summed E-state index contributed by atoms with van der Waals surface area (Å²) in [7, 11) is 0. The van der Waals surface area contributed by atoms with Crippen LogP contribution in [0.1, 0.15) is 32.3 Å². The number of halogens is 2. The Morgan fingerprint density at radius 3 is 2.29 bits per heavy atom. The van der Waals surface area contributed by atoms with E-state index in [0.29, 0.717) is 23.0 Å². The average molecular weight is 502 g/mol. The highest BCUT2D eigenvalue weighted by atomic mass is 35.5. The molecule has 0 bridgehead atoms. The number of nitrogens with one attached hydrogen (secondary N) is 1. The minimum Gasteiger partial charge on any atom is -0.382 e. The Bertz CT molecular complexity index is 991. The van der Waals surface area contributed by atoms with Gasteiger partial charge in [-0.15, -0.1) is 0 Å². The second-order valence-corrected chi connectivity index (χ2v) is 9.50. The molecule has 2 saturated heterocycles. The van der Waals surface area contributed by atoms with Gasteiger partial charge in [0, 0.05) is 74.7 Å². The van der Waals surface area contributed by atoms with Crippen molar-refractivity contribution < 1.29 is 4.79 Å². The van der Waals surface area contributed by atoms with E-state index < -0.39 is 0 Å². The van der Waals surface area contributed by atoms with Crippen molar-refractivity contribution in [2.24, 2.45) is 0 Å². The van der Waals surface area contributed by atoms with Gasteiger partial charge in [0.15, 0.2) is 0 Å². The molecule has 2 heterocycles. The fourth-order valence-electron chi connectivity index (χ4n) is 4.50. The van der Waals surface area contributed by atoms with E-state index in [2.05, 4.69) is 33.3 Å². The molecule has 2 fully saturated rings. The van der Waals surface area contributed by atoms with Crippen LogP contribution in [0.2, 0.25) is 10.0 Å². The first-order valence-electron chi connectivity index (χ1n) is 11.5. The van der Waals surface area contributed by atoms with Gasteiger partial charge in [0.2, 0.25) is 5.91 Å². The van der Waals surface area contributed by atoms with Crippen LogP contribution in [0.5, 0.6) is 0 Å². The number of carbonyl (C=O) groups is 1. The second-order valence-electron chi connectivity index (χ2n) is 8.66. The van der Waals surface area contributed by atoms with Crippen LogP contribution in [0, 0.1) is 11.3 Å². The predicted octanol–water partition coefficient (Wildman–Crippen LogP) is 5.12. The van der Waals surface area contributed by atoms with Crippen molar-refractivity contribution in [3.63, 3.8) is 0 Å². The van der Waals surface area contributed by atoms with Crippen LogP contribution < -0.4 is 10.2 Å². The lowest BCUT2D eigenvalue weighted by Gasteiger charge is -2.37. The van der Waals surface area contributed by atoms with Crippen molar-refractivity contribution in [2.45, 2.75) is 32.7 Å². The van der Waals surface area contributed by atoms with Crippen molar-refractivity contribution in [1.29, 1.82) is 5.26 Å². The number of piperazine rings is 1. The largest absolute Gasteiger partial charge is 0.382 e. The van der Waals surface area contributed by atoms with Crippen LogP contribution in [0.25, 0.3) is 0 Å². The highest BCUT2D eigenvalue weighted by molar-refractivity contribution is 6.32. The fourth-order valence-corrected chi connectivity index (χ4v) is 4.85. The van der Waals surface area contributed by atoms with Crippen molar-refractivity contribution in [3.05, 3.63) is 58.1 Å². The molecule has 34 heavy (non-hydrogen) atoms. The molecule has 0 atom stereocenters. The van der Waals surface area contributed by atoms with E-state index in [1.54, 1.807) is 12.1 Å². The second kappa shape index (κ2) is 12.3. The zero-order valence-corrected chi connectivity index (χ0v) is 20.2. The molecule has 0 aromatic heterocycles. The fraction of sp³-hybridized carbons (Fsp3) is 0.462. The first kappa shape index (κ1) is 26.2. The summed E-state index contributed by atoms with van der Waals surface area (Å²) in [4.78, 5) is 19.5. The van der Waals surface area contributed by atoms with Gasteiger partial charge in [0.25, 0.3) is 0 Å². The normalized spacial score (nSPS) is 17.1. The molecule has 0 aliphatic carbocycles. The summed E-state index contributed by atoms with van der Waals surface area (Å²) >= 11 is 12.1. The molecule has 2 aromatic carbocycles. The van der Waals surface area contributed by atoms with E-state index in [1.165, 1.54) is 5.69 Å². The predicted molar refractivity (Wildman–Crippen MR) is 141 cm³/mol. The Balaban J connectivity index is 0.00000324. The van der Waals surface area contributed by atoms with E-state index >= 15 is 0 Å². The van der Waals surface area contributed by atoms with Gasteiger partial charge >= 0.3 is 0 Å². The van der Waals surface area contributed by atoms with Crippen molar-refractivity contribution >= 4 is 40.5 Å². The minimum absolute atomic E-state index is 0. The van der Waals surface area contributed by atoms with Crippen molar-refractivity contribution in [1.82, 2.24) is 9.80 Å². The average Bonchev–Trinajstić information content (AvgIpc) is 2.84. The number of benzene rings is 2. The van der Waals surface area contributed by atoms with E-state index in [4.69, 9.17) is 28.5 Å². The van der Waals surface area contributed by atoms with Crippen molar-refractivity contribution in [3.8, 4) is 6.07 Å². The SMILES string of the molecule is C.N#Cc1ccc(NC2CCN(C(=O)CCN3CCN(c4ccc(Cl)cc4)CC3)CC2)cc1Cl. The highest BCUT2D eigenvalue weighted by Crippen LogP contribution is 2.23. The molecule has 2 aliphatic rings. The summed E-state index contributed by atoms with van der Waals surface area (Å²) in [5.41, 5.74) is 2.60. The molecule has 0 saturated carbocycles. The lowest BCUT2D eigenvalue weighted by Crippen LogP contribution is -2.48. The lowest BCUT2D eigenvalue weighted by atomic mass is 10.0. The molecule has 1 amide bonds. The number of anilines is 2. The number of nitrogens with zero attached hydrogens (tertiary/aromatic N) is 4. The van der Waals surface area contributed by atoms with Crippen LogP contribution in [0.3, 0.4) is 0 Å². The zero-order valence-electron chi connectivity index (χ0n) is 18.6. The van der Waals surface area contributed by atoms with Gasteiger partial charge in [-0.3, -0.25) is 9.69 Å². The third kappa shape index (κ3) is 6.79. The molecule has 6 nitrogen and oxygen atoms in total. The van der Waals surface area contributed by atoms with Crippen LogP contribution >= 0.6 is 23.2 Å². The first-order chi connectivity index (χ1) is 16.0. The maximum atomic E-state index is 12.7. The minimum atomic E-state index is 0. The third-order valence-electron chi connectivity index (χ3n) is 6.51. The molecule has 0 radical (unpaired) electrons. The highest BCUT2D eigenvalue weighted by Gasteiger charge is 2.24. The van der Waals surface area contributed by atoms with Crippen LogP contribution in [-0.2, 0) is 4.79 Å². The molecule has 2 aliphatic heterocycles. The monoisotopic (exact) mass is 501 g/mol. The number of likely N-dealkylation sites (tertiary alicyclic amines) is 1. The Labute approximate surface area is 213 Å². The Morgan fingerprint density at radius 1 is 1.00 bits per heavy atom. The van der Waals surface area contributed by atoms with E-state index in [1.807, 2.05) is 23.1 Å². The standard InChI is InChI=1S/C25H29Cl2N5O.CH4/c26-20-2-5-23(6-3-20)31-15-13-30(14-16-31)10-9-25(33)32-11-7-21(8-12-32)29-22-4-1-19(18-28)24(27)17-22;/h1-6,17,21,29H,7-16H2;1H4. The van der Waals surface area contributed by atoms with Gasteiger partial charge < -0.3 is 15.1 Å². The number of carbonyl (C=O) groups excluding carboxylic acids is 1. The zero-order chi connectivity index (χ0) is 23.2. The topological polar surface area (TPSA) is 62.6 Å². The first-order valence-corrected chi connectivity index (χ1v) is 12.2. The number of hydrogen-bond acceptors (Lipinski definition) is 5. The van der Waals surface area contributed by atoms with E-state index in [-0.39, 0.29) is 13.3 Å². The third-order valence-corrected chi connectivity index (χ3v) is 7.08. The van der Waals surface area contributed by atoms with Gasteiger partial charge in [0.05, 0.1) is 10.6 Å². The van der Waals surface area contributed by atoms with Crippen molar-refractivity contribution in [2.75, 3.05) is 56.0 Å². The summed E-state index contributed by atoms with van der Waals surface area (Å²) in [6.45, 7) is 6.22. The molecule has 0 spiro atoms. The number of piperidine rings is 1. The summed E-state index contributed by atoms with van der Waals surface area (Å²) < 4.78 is 0. The maximum absolute atomic E-state index is 12.7. The smallest absolute Gasteiger partial charge is 0.223 e. The summed E-state index contributed by atoms with van der Waals surface area (Å²) in [6.07, 6.45) is 2.39. The van der Waals surface area contributed by atoms with Crippen LogP contribution in [0.4, 0.5) is 11.4 Å². The van der Waals surface area contributed by atoms with E-state index in [9.17, 15) is 4.79 Å². The van der Waals surface area contributed by atoms with E-state index in [0.717, 1.165) is 69.4 Å². The lowest BCUT2D eigenvalue weighted by molar-refractivity contribution is -0.132. The Kier molecular flexibility index (Phi) is 9.46. The van der Waals surface area contributed by atoms with Crippen LogP contribution in [-0.4, -0.2) is 67.6 Å². The molecular formula is C26H33Cl2N5O. The molecular weight excluding hydrogens is 469 g/mol. The molecule has 1 N–H and O–H groups in total. The molecule has 0 unspecified atom stereocenters. The number of amides is 1. The summed E-state index contributed by atoms with van der Waals surface area (Å²) in [5, 5.41) is 13.7. The number of rotatable bonds is 6. The molecule has 4 rings (SSSR count). The summed E-state index contributed by atoms with van der Waals surface area (Å²) in [5.74, 6) is 0.245. The number of hydrogen-bond donors (Lipinski definition) is 1. The van der Waals surface area contributed by atoms with Gasteiger partial charge in [-0.2, -0.15) is 5.26 Å². The molecule has 2 aromatic rings. The van der Waals surface area contributed by atoms with Gasteiger partial charge in [-0.25, -0.2) is 0 Å². The van der Waals surface area contributed by atoms with Gasteiger partial charge in [-0.05, 0) is 55.3 Å². The summed E-state index contributed by atoms with van der Waals surface area (Å²) in [6, 6.07) is 15.8. The van der Waals surface area contributed by atoms with Gasteiger partial charge in [0.1, 0.15) is 6.07 Å². The number of nitriles is 1. The Hall–Kier alpha value is -2.46. The molecule has 8 heteroatoms. The maximum Gasteiger partial charge on any atom is 0.223 e. The Morgan fingerprint density at radius 2 is 1.68 bits per heavy atom. The molecule has 182 valence electrons. The van der Waals surface area contributed by atoms with Gasteiger partial charge in [-0.1, -0.05) is 30.6 Å². The van der Waals surface area contributed by atoms with Crippen LogP contribution in [0.15, 0.2) is 42.5 Å². The quantitative estimate of drug-likeness (QED) is 0.595.